The lowest BCUT2D eigenvalue weighted by Gasteiger charge is -2.07. The number of carbonyl (C=O) groups is 1. The predicted octanol–water partition coefficient (Wildman–Crippen LogP) is 5.65. The molecule has 0 unspecified atom stereocenters. The van der Waals surface area contributed by atoms with Gasteiger partial charge in [-0.15, -0.1) is 4.91 Å². The molecule has 8 nitrogen and oxygen atoms in total. The van der Waals surface area contributed by atoms with E-state index in [1.807, 2.05) is 30.3 Å². The number of benzene rings is 3. The van der Waals surface area contributed by atoms with Crippen LogP contribution in [0.4, 0.5) is 11.4 Å². The first kappa shape index (κ1) is 20.1. The van der Waals surface area contributed by atoms with Gasteiger partial charge in [-0.1, -0.05) is 18.2 Å². The highest BCUT2D eigenvalue weighted by atomic mass is 16.5. The van der Waals surface area contributed by atoms with Gasteiger partial charge in [-0.25, -0.2) is 4.98 Å². The summed E-state index contributed by atoms with van der Waals surface area (Å²) in [6, 6.07) is 24.5. The molecule has 2 aromatic heterocycles. The summed E-state index contributed by atoms with van der Waals surface area (Å²) in [7, 11) is 0. The lowest BCUT2D eigenvalue weighted by molar-refractivity contribution is 0.102. The molecule has 0 bridgehead atoms. The van der Waals surface area contributed by atoms with Gasteiger partial charge in [0.25, 0.3) is 5.91 Å². The van der Waals surface area contributed by atoms with Gasteiger partial charge >= 0.3 is 0 Å². The number of nitroso groups, excluding NO2 is 1. The van der Waals surface area contributed by atoms with Crippen LogP contribution in [0.2, 0.25) is 0 Å². The van der Waals surface area contributed by atoms with Crippen molar-refractivity contribution in [3.8, 4) is 22.6 Å². The summed E-state index contributed by atoms with van der Waals surface area (Å²) < 4.78 is 0.917. The van der Waals surface area contributed by atoms with Crippen molar-refractivity contribution < 1.29 is 10.0 Å². The van der Waals surface area contributed by atoms with E-state index in [-0.39, 0.29) is 11.6 Å². The SMILES string of the molecule is O=Nc1ccc2nc(-c3ccc(NC(=O)c4ccc(-c5ccccn5)cc4)cc3)n(O)c2c1. The summed E-state index contributed by atoms with van der Waals surface area (Å²) in [5, 5.41) is 16.2. The molecule has 2 heterocycles. The summed E-state index contributed by atoms with van der Waals surface area (Å²) in [6.45, 7) is 0. The molecular formula is C25H17N5O3. The third kappa shape index (κ3) is 3.92. The van der Waals surface area contributed by atoms with Gasteiger partial charge in [0, 0.05) is 28.6 Å². The van der Waals surface area contributed by atoms with Crippen LogP contribution in [-0.4, -0.2) is 25.8 Å². The molecule has 0 saturated heterocycles. The van der Waals surface area contributed by atoms with Crippen LogP contribution in [0.5, 0.6) is 0 Å². The zero-order chi connectivity index (χ0) is 22.8. The largest absolute Gasteiger partial charge is 0.426 e. The van der Waals surface area contributed by atoms with Crippen LogP contribution in [0.25, 0.3) is 33.7 Å². The highest BCUT2D eigenvalue weighted by Gasteiger charge is 2.13. The van der Waals surface area contributed by atoms with E-state index in [0.717, 1.165) is 16.0 Å². The van der Waals surface area contributed by atoms with Crippen molar-refractivity contribution in [1.82, 2.24) is 14.7 Å². The van der Waals surface area contributed by atoms with E-state index in [1.165, 1.54) is 12.1 Å². The molecule has 0 fully saturated rings. The Bertz CT molecular complexity index is 1460. The zero-order valence-corrected chi connectivity index (χ0v) is 17.2. The quantitative estimate of drug-likeness (QED) is 0.274. The molecule has 160 valence electrons. The third-order valence-electron chi connectivity index (χ3n) is 5.23. The zero-order valence-electron chi connectivity index (χ0n) is 17.2. The maximum absolute atomic E-state index is 12.6. The Morgan fingerprint density at radius 3 is 2.36 bits per heavy atom. The van der Waals surface area contributed by atoms with Gasteiger partial charge in [0.05, 0.1) is 11.2 Å². The van der Waals surface area contributed by atoms with Crippen LogP contribution in [0.15, 0.2) is 96.3 Å². The standard InChI is InChI=1S/C25H17N5O3/c31-25(18-6-4-16(5-7-18)21-3-1-2-14-26-21)27-19-10-8-17(9-11-19)24-28-22-13-12-20(29-32)15-23(22)30(24)33/h1-15,33H,(H,27,31). The van der Waals surface area contributed by atoms with Crippen molar-refractivity contribution in [2.45, 2.75) is 0 Å². The smallest absolute Gasteiger partial charge is 0.255 e. The number of aromatic nitrogens is 3. The number of amides is 1. The Morgan fingerprint density at radius 1 is 0.909 bits per heavy atom. The molecule has 0 radical (unpaired) electrons. The molecule has 1 amide bonds. The van der Waals surface area contributed by atoms with Crippen molar-refractivity contribution in [3.05, 3.63) is 102 Å². The molecule has 0 saturated carbocycles. The second-order valence-corrected chi connectivity index (χ2v) is 7.34. The van der Waals surface area contributed by atoms with Crippen LogP contribution in [0.3, 0.4) is 0 Å². The number of fused-ring (bicyclic) bond motifs is 1. The first-order chi connectivity index (χ1) is 16.1. The number of hydrogen-bond acceptors (Lipinski definition) is 6. The first-order valence-electron chi connectivity index (χ1n) is 10.1. The number of hydrogen-bond donors (Lipinski definition) is 2. The van der Waals surface area contributed by atoms with E-state index in [2.05, 4.69) is 20.5 Å². The maximum atomic E-state index is 12.6. The average Bonchev–Trinajstić information content (AvgIpc) is 3.20. The molecule has 0 aliphatic heterocycles. The minimum absolute atomic E-state index is 0.204. The van der Waals surface area contributed by atoms with Crippen molar-refractivity contribution in [2.75, 3.05) is 5.32 Å². The van der Waals surface area contributed by atoms with Gasteiger partial charge < -0.3 is 10.5 Å². The third-order valence-corrected chi connectivity index (χ3v) is 5.23. The molecule has 0 aliphatic rings. The van der Waals surface area contributed by atoms with Gasteiger partial charge in [0.2, 0.25) is 0 Å². The summed E-state index contributed by atoms with van der Waals surface area (Å²) in [5.74, 6) is 0.0784. The Kier molecular flexibility index (Phi) is 5.08. The highest BCUT2D eigenvalue weighted by Crippen LogP contribution is 2.27. The number of nitrogens with zero attached hydrogens (tertiary/aromatic N) is 4. The molecule has 8 heteroatoms. The van der Waals surface area contributed by atoms with Gasteiger partial charge in [-0.05, 0) is 71.9 Å². The molecule has 5 aromatic rings. The second kappa shape index (κ2) is 8.35. The number of imidazole rings is 1. The van der Waals surface area contributed by atoms with Gasteiger partial charge in [-0.3, -0.25) is 9.78 Å². The Morgan fingerprint density at radius 2 is 1.67 bits per heavy atom. The summed E-state index contributed by atoms with van der Waals surface area (Å²) in [4.78, 5) is 32.1. The van der Waals surface area contributed by atoms with E-state index in [4.69, 9.17) is 0 Å². The number of nitrogens with one attached hydrogen (secondary N) is 1. The van der Waals surface area contributed by atoms with Crippen molar-refractivity contribution >= 4 is 28.3 Å². The molecule has 0 spiro atoms. The first-order valence-corrected chi connectivity index (χ1v) is 10.1. The van der Waals surface area contributed by atoms with Crippen LogP contribution in [0, 0.1) is 4.91 Å². The summed E-state index contributed by atoms with van der Waals surface area (Å²) in [6.07, 6.45) is 1.73. The monoisotopic (exact) mass is 435 g/mol. The lowest BCUT2D eigenvalue weighted by atomic mass is 10.1. The van der Waals surface area contributed by atoms with E-state index in [1.54, 1.807) is 48.7 Å². The fourth-order valence-electron chi connectivity index (χ4n) is 3.53. The maximum Gasteiger partial charge on any atom is 0.255 e. The van der Waals surface area contributed by atoms with E-state index < -0.39 is 0 Å². The van der Waals surface area contributed by atoms with Gasteiger partial charge in [0.1, 0.15) is 11.2 Å². The molecule has 33 heavy (non-hydrogen) atoms. The fraction of sp³-hybridized carbons (Fsp3) is 0. The molecule has 3 aromatic carbocycles. The molecular weight excluding hydrogens is 418 g/mol. The minimum Gasteiger partial charge on any atom is -0.426 e. The molecule has 0 atom stereocenters. The van der Waals surface area contributed by atoms with E-state index in [9.17, 15) is 14.9 Å². The van der Waals surface area contributed by atoms with Crippen molar-refractivity contribution in [2.24, 2.45) is 5.18 Å². The Labute approximate surface area is 188 Å². The summed E-state index contributed by atoms with van der Waals surface area (Å²) in [5.41, 5.74) is 4.66. The van der Waals surface area contributed by atoms with Gasteiger partial charge in [0.15, 0.2) is 5.82 Å². The number of anilines is 1. The van der Waals surface area contributed by atoms with Crippen LogP contribution >= 0.6 is 0 Å². The van der Waals surface area contributed by atoms with E-state index >= 15 is 0 Å². The summed E-state index contributed by atoms with van der Waals surface area (Å²) >= 11 is 0. The van der Waals surface area contributed by atoms with Crippen molar-refractivity contribution in [1.29, 1.82) is 0 Å². The Balaban J connectivity index is 1.33. The number of pyridine rings is 1. The van der Waals surface area contributed by atoms with Crippen molar-refractivity contribution in [3.63, 3.8) is 0 Å². The number of carbonyl (C=O) groups excluding carboxylic acids is 1. The normalized spacial score (nSPS) is 10.8. The molecule has 5 rings (SSSR count). The van der Waals surface area contributed by atoms with Crippen LogP contribution < -0.4 is 5.32 Å². The second-order valence-electron chi connectivity index (χ2n) is 7.34. The minimum atomic E-state index is -0.237. The predicted molar refractivity (Wildman–Crippen MR) is 125 cm³/mol. The Hall–Kier alpha value is -4.85. The lowest BCUT2D eigenvalue weighted by Crippen LogP contribution is -2.11. The van der Waals surface area contributed by atoms with Crippen LogP contribution in [-0.2, 0) is 0 Å². The molecule has 2 N–H and O–H groups in total. The van der Waals surface area contributed by atoms with E-state index in [0.29, 0.717) is 33.7 Å². The number of rotatable bonds is 5. The topological polar surface area (TPSA) is 109 Å². The highest BCUT2D eigenvalue weighted by molar-refractivity contribution is 6.04. The van der Waals surface area contributed by atoms with Crippen LogP contribution in [0.1, 0.15) is 10.4 Å². The van der Waals surface area contributed by atoms with Gasteiger partial charge in [-0.2, -0.15) is 4.73 Å². The fourth-order valence-corrected chi connectivity index (χ4v) is 3.53. The average molecular weight is 435 g/mol. The molecule has 0 aliphatic carbocycles.